The van der Waals surface area contributed by atoms with E-state index >= 15 is 0 Å². The van der Waals surface area contributed by atoms with Gasteiger partial charge in [-0.25, -0.2) is 5.48 Å². The van der Waals surface area contributed by atoms with Gasteiger partial charge in [0.25, 0.3) is 11.8 Å². The molecule has 0 bridgehead atoms. The molecule has 0 fully saturated rings. The summed E-state index contributed by atoms with van der Waals surface area (Å²) in [4.78, 5) is 41.2. The number of hydrogen-bond donors (Lipinski definition) is 1. The molecule has 6 heteroatoms. The van der Waals surface area contributed by atoms with Gasteiger partial charge in [-0.05, 0) is 24.5 Å². The molecule has 1 heterocycles. The minimum Gasteiger partial charge on any atom is -0.277 e. The van der Waals surface area contributed by atoms with Crippen molar-refractivity contribution < 1.29 is 19.2 Å². The van der Waals surface area contributed by atoms with E-state index in [-0.39, 0.29) is 30.4 Å². The van der Waals surface area contributed by atoms with Crippen molar-refractivity contribution in [3.8, 4) is 0 Å². The maximum absolute atomic E-state index is 12.4. The van der Waals surface area contributed by atoms with Gasteiger partial charge < -0.3 is 0 Å². The molecule has 0 spiro atoms. The third kappa shape index (κ3) is 2.95. The van der Waals surface area contributed by atoms with Crippen LogP contribution in [0, 0.1) is 5.92 Å². The first-order chi connectivity index (χ1) is 10.1. The molecule has 1 aliphatic heterocycles. The molecule has 3 amide bonds. The third-order valence-electron chi connectivity index (χ3n) is 3.57. The molecule has 0 aliphatic carbocycles. The van der Waals surface area contributed by atoms with E-state index in [2.05, 4.69) is 5.48 Å². The van der Waals surface area contributed by atoms with E-state index in [1.54, 1.807) is 24.3 Å². The number of hydrogen-bond acceptors (Lipinski definition) is 4. The first-order valence-corrected chi connectivity index (χ1v) is 6.85. The maximum Gasteiger partial charge on any atom is 0.261 e. The number of imide groups is 1. The summed E-state index contributed by atoms with van der Waals surface area (Å²) in [7, 11) is 0. The van der Waals surface area contributed by atoms with Crippen LogP contribution in [0.5, 0.6) is 0 Å². The van der Waals surface area contributed by atoms with E-state index in [9.17, 15) is 14.4 Å². The summed E-state index contributed by atoms with van der Waals surface area (Å²) < 4.78 is 0. The zero-order chi connectivity index (χ0) is 15.4. The molecule has 0 saturated heterocycles. The second-order valence-corrected chi connectivity index (χ2v) is 5.21. The minimum atomic E-state index is -0.272. The maximum atomic E-state index is 12.4. The van der Waals surface area contributed by atoms with Gasteiger partial charge in [-0.3, -0.25) is 24.1 Å². The Morgan fingerprint density at radius 2 is 1.76 bits per heavy atom. The van der Waals surface area contributed by atoms with Crippen molar-refractivity contribution in [1.82, 2.24) is 10.4 Å². The molecule has 21 heavy (non-hydrogen) atoms. The Labute approximate surface area is 123 Å². The SMILES string of the molecule is CC(C)[C@@H](CCONC=O)N1C(=O)c2ccccc2C1=O. The topological polar surface area (TPSA) is 75.7 Å². The smallest absolute Gasteiger partial charge is 0.261 e. The summed E-state index contributed by atoms with van der Waals surface area (Å²) in [5.41, 5.74) is 2.99. The van der Waals surface area contributed by atoms with Gasteiger partial charge in [0.1, 0.15) is 0 Å². The Balaban J connectivity index is 2.16. The number of carbonyl (C=O) groups is 3. The molecule has 2 rings (SSSR count). The van der Waals surface area contributed by atoms with Gasteiger partial charge >= 0.3 is 0 Å². The van der Waals surface area contributed by atoms with E-state index in [0.29, 0.717) is 24.0 Å². The zero-order valence-corrected chi connectivity index (χ0v) is 12.0. The van der Waals surface area contributed by atoms with Gasteiger partial charge in [-0.15, -0.1) is 0 Å². The van der Waals surface area contributed by atoms with Crippen molar-refractivity contribution in [2.45, 2.75) is 26.3 Å². The molecule has 1 atom stereocenters. The predicted octanol–water partition coefficient (Wildman–Crippen LogP) is 1.37. The number of nitrogens with zero attached hydrogens (tertiary/aromatic N) is 1. The highest BCUT2D eigenvalue weighted by molar-refractivity contribution is 6.21. The number of carbonyl (C=O) groups excluding carboxylic acids is 3. The minimum absolute atomic E-state index is 0.0899. The lowest BCUT2D eigenvalue weighted by Gasteiger charge is -2.29. The van der Waals surface area contributed by atoms with E-state index in [0.717, 1.165) is 0 Å². The number of amides is 3. The standard InChI is InChI=1S/C15H18N2O4/c1-10(2)13(7-8-21-16-9-18)17-14(19)11-5-3-4-6-12(11)15(17)20/h3-6,9-10,13H,7-8H2,1-2H3,(H,16,18)/t13-/m1/s1. The average molecular weight is 290 g/mol. The normalized spacial score (nSPS) is 15.3. The van der Waals surface area contributed by atoms with Crippen LogP contribution in [0.1, 0.15) is 41.0 Å². The fraction of sp³-hybridized carbons (Fsp3) is 0.400. The molecule has 0 saturated carbocycles. The Kier molecular flexibility index (Phi) is 4.70. The second-order valence-electron chi connectivity index (χ2n) is 5.21. The molecule has 0 aromatic heterocycles. The molecule has 1 aromatic rings. The van der Waals surface area contributed by atoms with Gasteiger partial charge in [0.15, 0.2) is 0 Å². The lowest BCUT2D eigenvalue weighted by molar-refractivity contribution is -0.121. The lowest BCUT2D eigenvalue weighted by atomic mass is 9.99. The lowest BCUT2D eigenvalue weighted by Crippen LogP contribution is -2.43. The van der Waals surface area contributed by atoms with Gasteiger partial charge in [0.05, 0.1) is 17.7 Å². The first kappa shape index (κ1) is 15.2. The quantitative estimate of drug-likeness (QED) is 0.356. The van der Waals surface area contributed by atoms with Crippen LogP contribution >= 0.6 is 0 Å². The van der Waals surface area contributed by atoms with E-state index in [1.165, 1.54) is 4.90 Å². The van der Waals surface area contributed by atoms with Gasteiger partial charge in [0.2, 0.25) is 6.41 Å². The molecule has 1 aliphatic rings. The van der Waals surface area contributed by atoms with Crippen LogP contribution in [-0.4, -0.2) is 35.8 Å². The highest BCUT2D eigenvalue weighted by atomic mass is 16.6. The number of rotatable bonds is 7. The Hall–Kier alpha value is -2.21. The summed E-state index contributed by atoms with van der Waals surface area (Å²) in [5, 5.41) is 0. The van der Waals surface area contributed by atoms with Gasteiger partial charge in [-0.2, -0.15) is 0 Å². The van der Waals surface area contributed by atoms with Gasteiger partial charge in [-0.1, -0.05) is 26.0 Å². The van der Waals surface area contributed by atoms with Gasteiger partial charge in [0, 0.05) is 6.04 Å². The second kappa shape index (κ2) is 6.49. The molecule has 1 N–H and O–H groups in total. The van der Waals surface area contributed by atoms with Crippen molar-refractivity contribution in [3.05, 3.63) is 35.4 Å². The Bertz CT molecular complexity index is 521. The van der Waals surface area contributed by atoms with Crippen molar-refractivity contribution in [2.24, 2.45) is 5.92 Å². The molecular weight excluding hydrogens is 272 g/mol. The van der Waals surface area contributed by atoms with Crippen molar-refractivity contribution in [2.75, 3.05) is 6.61 Å². The highest BCUT2D eigenvalue weighted by Gasteiger charge is 2.40. The van der Waals surface area contributed by atoms with Crippen LogP contribution in [0.15, 0.2) is 24.3 Å². The zero-order valence-electron chi connectivity index (χ0n) is 12.0. The van der Waals surface area contributed by atoms with E-state index in [4.69, 9.17) is 4.84 Å². The number of nitrogens with one attached hydrogen (secondary N) is 1. The number of fused-ring (bicyclic) bond motifs is 1. The fourth-order valence-corrected chi connectivity index (χ4v) is 2.54. The monoisotopic (exact) mass is 290 g/mol. The first-order valence-electron chi connectivity index (χ1n) is 6.85. The van der Waals surface area contributed by atoms with Crippen LogP contribution in [0.3, 0.4) is 0 Å². The summed E-state index contributed by atoms with van der Waals surface area (Å²) in [6.07, 6.45) is 0.899. The van der Waals surface area contributed by atoms with E-state index in [1.807, 2.05) is 13.8 Å². The van der Waals surface area contributed by atoms with E-state index < -0.39 is 0 Å². The van der Waals surface area contributed by atoms with Crippen molar-refractivity contribution in [1.29, 1.82) is 0 Å². The average Bonchev–Trinajstić information content (AvgIpc) is 2.72. The van der Waals surface area contributed by atoms with Crippen molar-refractivity contribution in [3.63, 3.8) is 0 Å². The van der Waals surface area contributed by atoms with Crippen LogP contribution < -0.4 is 5.48 Å². The molecule has 0 unspecified atom stereocenters. The van der Waals surface area contributed by atoms with Crippen LogP contribution in [0.25, 0.3) is 0 Å². The third-order valence-corrected chi connectivity index (χ3v) is 3.57. The summed E-state index contributed by atoms with van der Waals surface area (Å²) in [6, 6.07) is 6.55. The predicted molar refractivity (Wildman–Crippen MR) is 75.3 cm³/mol. The van der Waals surface area contributed by atoms with Crippen LogP contribution in [0.2, 0.25) is 0 Å². The van der Waals surface area contributed by atoms with Crippen molar-refractivity contribution >= 4 is 18.2 Å². The Morgan fingerprint density at radius 1 is 1.19 bits per heavy atom. The van der Waals surface area contributed by atoms with Crippen LogP contribution in [0.4, 0.5) is 0 Å². The Morgan fingerprint density at radius 3 is 2.24 bits per heavy atom. The molecule has 1 aromatic carbocycles. The molecule has 6 nitrogen and oxygen atoms in total. The number of benzene rings is 1. The fourth-order valence-electron chi connectivity index (χ4n) is 2.54. The summed E-state index contributed by atoms with van der Waals surface area (Å²) >= 11 is 0. The van der Waals surface area contributed by atoms with Crippen LogP contribution in [-0.2, 0) is 9.63 Å². The highest BCUT2D eigenvalue weighted by Crippen LogP contribution is 2.28. The summed E-state index contributed by atoms with van der Waals surface area (Å²) in [5.74, 6) is -0.442. The molecule has 0 radical (unpaired) electrons. The molecular formula is C15H18N2O4. The number of hydroxylamine groups is 1. The molecule has 112 valence electrons. The summed E-state index contributed by atoms with van der Waals surface area (Å²) in [6.45, 7) is 4.12. The largest absolute Gasteiger partial charge is 0.277 e.